The number of ether oxygens (including phenoxy) is 1. The maximum Gasteiger partial charge on any atom is 0.339 e. The lowest BCUT2D eigenvalue weighted by Crippen LogP contribution is -2.42. The lowest BCUT2D eigenvalue weighted by Gasteiger charge is -2.27. The van der Waals surface area contributed by atoms with Gasteiger partial charge in [0.15, 0.2) is 0 Å². The molecule has 10 heteroatoms. The van der Waals surface area contributed by atoms with Gasteiger partial charge < -0.3 is 10.1 Å². The Kier molecular flexibility index (Phi) is 9.39. The molecule has 1 aromatic heterocycles. The van der Waals surface area contributed by atoms with Gasteiger partial charge in [0.1, 0.15) is 0 Å². The summed E-state index contributed by atoms with van der Waals surface area (Å²) in [4.78, 5) is 17.9. The first kappa shape index (κ1) is 25.2. The maximum absolute atomic E-state index is 12.7. The summed E-state index contributed by atoms with van der Waals surface area (Å²) in [7, 11) is -2.29. The molecule has 1 aromatic carbocycles. The Morgan fingerprint density at radius 3 is 2.45 bits per heavy atom. The number of pyridine rings is 1. The molecule has 0 spiro atoms. The van der Waals surface area contributed by atoms with Gasteiger partial charge in [0.25, 0.3) is 0 Å². The van der Waals surface area contributed by atoms with Crippen LogP contribution in [0.3, 0.4) is 0 Å². The Bertz CT molecular complexity index is 946. The van der Waals surface area contributed by atoms with Crippen molar-refractivity contribution in [3.8, 4) is 0 Å². The average molecular weight is 469 g/mol. The molecule has 31 heavy (non-hydrogen) atoms. The number of rotatable bonds is 8. The van der Waals surface area contributed by atoms with Gasteiger partial charge in [-0.2, -0.15) is 0 Å². The fourth-order valence-electron chi connectivity index (χ4n) is 3.27. The number of carbonyl (C=O) groups is 1. The number of hydrogen-bond donors (Lipinski definition) is 2. The van der Waals surface area contributed by atoms with Crippen LogP contribution in [0.1, 0.15) is 39.4 Å². The molecule has 1 aliphatic heterocycles. The summed E-state index contributed by atoms with van der Waals surface area (Å²) in [5.41, 5.74) is 2.75. The van der Waals surface area contributed by atoms with Crippen molar-refractivity contribution in [2.75, 3.05) is 33.3 Å². The molecule has 1 fully saturated rings. The largest absolute Gasteiger partial charge is 0.465 e. The van der Waals surface area contributed by atoms with Gasteiger partial charge in [-0.15, -0.1) is 12.4 Å². The zero-order valence-corrected chi connectivity index (χ0v) is 19.3. The van der Waals surface area contributed by atoms with Crippen LogP contribution in [0.5, 0.6) is 0 Å². The molecule has 1 saturated heterocycles. The van der Waals surface area contributed by atoms with E-state index in [-0.39, 0.29) is 19.0 Å². The molecule has 0 aliphatic carbocycles. The molecule has 1 atom stereocenters. The molecule has 2 N–H and O–H groups in total. The van der Waals surface area contributed by atoms with E-state index in [4.69, 9.17) is 0 Å². The lowest BCUT2D eigenvalue weighted by molar-refractivity contribution is 0.0600. The van der Waals surface area contributed by atoms with Crippen LogP contribution in [0.15, 0.2) is 42.6 Å². The van der Waals surface area contributed by atoms with E-state index in [1.807, 2.05) is 24.3 Å². The fraction of sp³-hybridized carbons (Fsp3) is 0.429. The van der Waals surface area contributed by atoms with Crippen LogP contribution in [-0.4, -0.2) is 57.6 Å². The molecule has 0 radical (unpaired) electrons. The summed E-state index contributed by atoms with van der Waals surface area (Å²) in [6.45, 7) is 6.63. The Hall–Kier alpha value is -2.04. The fourth-order valence-corrected chi connectivity index (χ4v) is 4.38. The second-order valence-corrected chi connectivity index (χ2v) is 9.39. The smallest absolute Gasteiger partial charge is 0.339 e. The molecule has 2 aromatic rings. The highest BCUT2D eigenvalue weighted by Gasteiger charge is 2.22. The first-order chi connectivity index (χ1) is 14.4. The standard InChI is InChI=1S/C21H28N4O4S.ClH/c1-16(18-5-3-17(4-6-18)15-25-11-9-22-10-12-25)30(27,28)24-14-20-8-7-19(13-23-20)21(26)29-2;/h3-8,13,16,22,24H,9-12,14-15H2,1-2H3;1H. The highest BCUT2D eigenvalue weighted by Crippen LogP contribution is 2.22. The van der Waals surface area contributed by atoms with E-state index >= 15 is 0 Å². The number of hydrogen-bond acceptors (Lipinski definition) is 7. The van der Waals surface area contributed by atoms with E-state index in [1.54, 1.807) is 19.1 Å². The third-order valence-electron chi connectivity index (χ3n) is 5.23. The number of methoxy groups -OCH3 is 1. The van der Waals surface area contributed by atoms with Gasteiger partial charge in [0.05, 0.1) is 30.2 Å². The van der Waals surface area contributed by atoms with Crippen molar-refractivity contribution in [2.24, 2.45) is 0 Å². The van der Waals surface area contributed by atoms with Gasteiger partial charge in [0, 0.05) is 38.9 Å². The predicted octanol–water partition coefficient (Wildman–Crippen LogP) is 1.88. The molecule has 0 amide bonds. The zero-order valence-electron chi connectivity index (χ0n) is 17.7. The topological polar surface area (TPSA) is 101 Å². The van der Waals surface area contributed by atoms with Crippen LogP contribution < -0.4 is 10.0 Å². The van der Waals surface area contributed by atoms with Crippen molar-refractivity contribution >= 4 is 28.4 Å². The van der Waals surface area contributed by atoms with Crippen LogP contribution >= 0.6 is 12.4 Å². The van der Waals surface area contributed by atoms with E-state index in [0.717, 1.165) is 38.3 Å². The Balaban J connectivity index is 0.00000341. The highest BCUT2D eigenvalue weighted by atomic mass is 35.5. The van der Waals surface area contributed by atoms with Crippen molar-refractivity contribution in [2.45, 2.75) is 25.3 Å². The van der Waals surface area contributed by atoms with Crippen LogP contribution in [0.2, 0.25) is 0 Å². The highest BCUT2D eigenvalue weighted by molar-refractivity contribution is 7.89. The Morgan fingerprint density at radius 2 is 1.87 bits per heavy atom. The normalized spacial score (nSPS) is 15.7. The third kappa shape index (κ3) is 6.98. The maximum atomic E-state index is 12.7. The number of nitrogens with zero attached hydrogens (tertiary/aromatic N) is 2. The molecule has 0 saturated carbocycles. The van der Waals surface area contributed by atoms with Gasteiger partial charge >= 0.3 is 5.97 Å². The quantitative estimate of drug-likeness (QED) is 0.570. The summed E-state index contributed by atoms with van der Waals surface area (Å²) in [6, 6.07) is 10.9. The molecular formula is C21H29ClN4O4S. The third-order valence-corrected chi connectivity index (χ3v) is 6.98. The number of sulfonamides is 1. The van der Waals surface area contributed by atoms with Crippen molar-refractivity contribution in [1.82, 2.24) is 19.9 Å². The lowest BCUT2D eigenvalue weighted by atomic mass is 10.1. The van der Waals surface area contributed by atoms with Crippen molar-refractivity contribution in [3.63, 3.8) is 0 Å². The number of aromatic nitrogens is 1. The minimum Gasteiger partial charge on any atom is -0.465 e. The van der Waals surface area contributed by atoms with E-state index < -0.39 is 21.2 Å². The molecule has 2 heterocycles. The monoisotopic (exact) mass is 468 g/mol. The molecule has 1 aliphatic rings. The summed E-state index contributed by atoms with van der Waals surface area (Å²) in [5, 5.41) is 2.64. The van der Waals surface area contributed by atoms with E-state index in [2.05, 4.69) is 24.7 Å². The van der Waals surface area contributed by atoms with Crippen LogP contribution in [0, 0.1) is 0 Å². The van der Waals surface area contributed by atoms with Crippen LogP contribution in [0.4, 0.5) is 0 Å². The van der Waals surface area contributed by atoms with Gasteiger partial charge in [-0.05, 0) is 30.2 Å². The number of esters is 1. The summed E-state index contributed by atoms with van der Waals surface area (Å²) < 4.78 is 32.6. The number of nitrogens with one attached hydrogen (secondary N) is 2. The van der Waals surface area contributed by atoms with Crippen molar-refractivity contribution in [1.29, 1.82) is 0 Å². The number of halogens is 1. The number of benzene rings is 1. The Morgan fingerprint density at radius 1 is 1.19 bits per heavy atom. The van der Waals surface area contributed by atoms with Gasteiger partial charge in [-0.25, -0.2) is 17.9 Å². The molecule has 3 rings (SSSR count). The van der Waals surface area contributed by atoms with Crippen LogP contribution in [-0.2, 0) is 27.8 Å². The van der Waals surface area contributed by atoms with E-state index in [0.29, 0.717) is 11.3 Å². The van der Waals surface area contributed by atoms with Crippen LogP contribution in [0.25, 0.3) is 0 Å². The van der Waals surface area contributed by atoms with E-state index in [9.17, 15) is 13.2 Å². The van der Waals surface area contributed by atoms with Gasteiger partial charge in [0.2, 0.25) is 10.0 Å². The molecular weight excluding hydrogens is 440 g/mol. The number of carbonyl (C=O) groups excluding carboxylic acids is 1. The molecule has 0 bridgehead atoms. The summed E-state index contributed by atoms with van der Waals surface area (Å²) in [6.07, 6.45) is 1.37. The zero-order chi connectivity index (χ0) is 21.6. The van der Waals surface area contributed by atoms with Gasteiger partial charge in [-0.3, -0.25) is 9.88 Å². The first-order valence-electron chi connectivity index (χ1n) is 9.92. The number of piperazine rings is 1. The summed E-state index contributed by atoms with van der Waals surface area (Å²) >= 11 is 0. The van der Waals surface area contributed by atoms with Crippen molar-refractivity contribution in [3.05, 3.63) is 65.0 Å². The second kappa shape index (κ2) is 11.5. The average Bonchev–Trinajstić information content (AvgIpc) is 2.78. The van der Waals surface area contributed by atoms with E-state index in [1.165, 1.54) is 18.9 Å². The minimum absolute atomic E-state index is 0. The predicted molar refractivity (Wildman–Crippen MR) is 122 cm³/mol. The van der Waals surface area contributed by atoms with Crippen molar-refractivity contribution < 1.29 is 17.9 Å². The Labute approximate surface area is 189 Å². The minimum atomic E-state index is -3.58. The molecule has 1 unspecified atom stereocenters. The second-order valence-electron chi connectivity index (χ2n) is 7.31. The molecule has 8 nitrogen and oxygen atoms in total. The molecule has 170 valence electrons. The first-order valence-corrected chi connectivity index (χ1v) is 11.5. The summed E-state index contributed by atoms with van der Waals surface area (Å²) in [5.74, 6) is -0.483. The SMILES string of the molecule is COC(=O)c1ccc(CNS(=O)(=O)C(C)c2ccc(CN3CCNCC3)cc2)nc1.Cl. The van der Waals surface area contributed by atoms with Gasteiger partial charge in [-0.1, -0.05) is 24.3 Å².